The molecule has 0 aromatic heterocycles. The predicted molar refractivity (Wildman–Crippen MR) is 83.3 cm³/mol. The summed E-state index contributed by atoms with van der Waals surface area (Å²) < 4.78 is 13.9. The summed E-state index contributed by atoms with van der Waals surface area (Å²) in [7, 11) is 0. The Morgan fingerprint density at radius 1 is 1.23 bits per heavy atom. The van der Waals surface area contributed by atoms with Crippen molar-refractivity contribution in [3.63, 3.8) is 0 Å². The summed E-state index contributed by atoms with van der Waals surface area (Å²) in [6.07, 6.45) is -1.06. The number of fused-ring (bicyclic) bond motifs is 1. The fourth-order valence-corrected chi connectivity index (χ4v) is 2.90. The van der Waals surface area contributed by atoms with E-state index in [4.69, 9.17) is 0 Å². The first-order valence-electron chi connectivity index (χ1n) is 7.21. The van der Waals surface area contributed by atoms with Crippen LogP contribution in [0.3, 0.4) is 0 Å². The van der Waals surface area contributed by atoms with E-state index >= 15 is 0 Å². The van der Waals surface area contributed by atoms with Crippen molar-refractivity contribution < 1.29 is 14.3 Å². The zero-order valence-corrected chi connectivity index (χ0v) is 12.8. The molecular weight excluding hydrogens is 281 g/mol. The lowest BCUT2D eigenvalue weighted by Gasteiger charge is -2.19. The molecule has 22 heavy (non-hydrogen) atoms. The largest absolute Gasteiger partial charge is 0.384 e. The molecule has 1 atom stereocenters. The zero-order chi connectivity index (χ0) is 16.1. The third-order valence-corrected chi connectivity index (χ3v) is 4.35. The molecule has 0 bridgehead atoms. The van der Waals surface area contributed by atoms with E-state index in [2.05, 4.69) is 5.32 Å². The Bertz CT molecular complexity index is 768. The van der Waals surface area contributed by atoms with Gasteiger partial charge in [0, 0.05) is 11.3 Å². The second-order valence-corrected chi connectivity index (χ2v) is 6.26. The average Bonchev–Trinajstić information content (AvgIpc) is 2.70. The van der Waals surface area contributed by atoms with Gasteiger partial charge in [-0.15, -0.1) is 0 Å². The van der Waals surface area contributed by atoms with Gasteiger partial charge < -0.3 is 10.4 Å². The third-order valence-electron chi connectivity index (χ3n) is 4.35. The van der Waals surface area contributed by atoms with Crippen molar-refractivity contribution in [3.05, 3.63) is 64.5 Å². The summed E-state index contributed by atoms with van der Waals surface area (Å²) in [5, 5.41) is 13.4. The highest BCUT2D eigenvalue weighted by Gasteiger charge is 2.39. The number of benzene rings is 2. The molecule has 1 heterocycles. The van der Waals surface area contributed by atoms with E-state index in [1.54, 1.807) is 30.3 Å². The van der Waals surface area contributed by atoms with Crippen molar-refractivity contribution in [3.8, 4) is 0 Å². The molecule has 4 heteroatoms. The highest BCUT2D eigenvalue weighted by Crippen LogP contribution is 2.41. The minimum Gasteiger partial charge on any atom is -0.384 e. The molecule has 0 fully saturated rings. The molecule has 1 unspecified atom stereocenters. The maximum Gasteiger partial charge on any atom is 0.234 e. The van der Waals surface area contributed by atoms with Gasteiger partial charge in [0.2, 0.25) is 5.91 Å². The first-order chi connectivity index (χ1) is 10.3. The second-order valence-electron chi connectivity index (χ2n) is 6.26. The molecule has 0 saturated carbocycles. The lowest BCUT2D eigenvalue weighted by molar-refractivity contribution is -0.119. The number of nitrogens with one attached hydrogen (secondary N) is 1. The number of aryl methyl sites for hydroxylation is 1. The van der Waals surface area contributed by atoms with Crippen LogP contribution in [0.5, 0.6) is 0 Å². The van der Waals surface area contributed by atoms with E-state index in [0.29, 0.717) is 5.56 Å². The van der Waals surface area contributed by atoms with Crippen LogP contribution in [0.4, 0.5) is 10.1 Å². The van der Waals surface area contributed by atoms with E-state index in [-0.39, 0.29) is 11.5 Å². The van der Waals surface area contributed by atoms with Crippen molar-refractivity contribution >= 4 is 11.6 Å². The van der Waals surface area contributed by atoms with Crippen molar-refractivity contribution in [2.45, 2.75) is 32.3 Å². The number of hydrogen-bond donors (Lipinski definition) is 2. The normalized spacial score (nSPS) is 17.0. The number of rotatable bonds is 2. The van der Waals surface area contributed by atoms with E-state index < -0.39 is 17.3 Å². The van der Waals surface area contributed by atoms with Gasteiger partial charge in [0.25, 0.3) is 0 Å². The molecule has 114 valence electrons. The monoisotopic (exact) mass is 299 g/mol. The number of aliphatic hydroxyl groups is 1. The fourth-order valence-electron chi connectivity index (χ4n) is 2.90. The maximum absolute atomic E-state index is 13.9. The van der Waals surface area contributed by atoms with Gasteiger partial charge in [-0.2, -0.15) is 0 Å². The second kappa shape index (κ2) is 4.92. The van der Waals surface area contributed by atoms with Crippen LogP contribution >= 0.6 is 0 Å². The summed E-state index contributed by atoms with van der Waals surface area (Å²) in [5.41, 5.74) is 2.65. The van der Waals surface area contributed by atoms with Crippen LogP contribution in [0, 0.1) is 12.7 Å². The molecule has 1 aliphatic rings. The van der Waals surface area contributed by atoms with Gasteiger partial charge in [-0.1, -0.05) is 24.3 Å². The Morgan fingerprint density at radius 3 is 2.59 bits per heavy atom. The highest BCUT2D eigenvalue weighted by atomic mass is 19.1. The summed E-state index contributed by atoms with van der Waals surface area (Å²) >= 11 is 0. The van der Waals surface area contributed by atoms with Crippen LogP contribution in [0.2, 0.25) is 0 Å². The van der Waals surface area contributed by atoms with Gasteiger partial charge in [-0.05, 0) is 49.6 Å². The quantitative estimate of drug-likeness (QED) is 0.892. The van der Waals surface area contributed by atoms with Gasteiger partial charge in [0.1, 0.15) is 11.9 Å². The number of carbonyl (C=O) groups is 1. The molecule has 0 saturated heterocycles. The van der Waals surface area contributed by atoms with Gasteiger partial charge >= 0.3 is 0 Å². The molecule has 2 aromatic carbocycles. The van der Waals surface area contributed by atoms with E-state index in [9.17, 15) is 14.3 Å². The third kappa shape index (κ3) is 2.11. The molecule has 0 aliphatic carbocycles. The number of hydrogen-bond acceptors (Lipinski definition) is 2. The van der Waals surface area contributed by atoms with Gasteiger partial charge in [0.15, 0.2) is 0 Å². The molecule has 3 nitrogen and oxygen atoms in total. The minimum absolute atomic E-state index is 0.0665. The van der Waals surface area contributed by atoms with Crippen molar-refractivity contribution in [1.29, 1.82) is 0 Å². The molecule has 1 amide bonds. The smallest absolute Gasteiger partial charge is 0.234 e. The van der Waals surface area contributed by atoms with Crippen LogP contribution < -0.4 is 5.32 Å². The van der Waals surface area contributed by atoms with Crippen LogP contribution in [0.25, 0.3) is 0 Å². The molecule has 0 radical (unpaired) electrons. The lowest BCUT2D eigenvalue weighted by atomic mass is 9.83. The maximum atomic E-state index is 13.9. The summed E-state index contributed by atoms with van der Waals surface area (Å²) in [5.74, 6) is -0.509. The van der Waals surface area contributed by atoms with Gasteiger partial charge in [-0.3, -0.25) is 4.79 Å². The summed E-state index contributed by atoms with van der Waals surface area (Å²) in [6.45, 7) is 5.55. The molecule has 2 aromatic rings. The Balaban J connectivity index is 2.12. The summed E-state index contributed by atoms with van der Waals surface area (Å²) in [4.78, 5) is 12.1. The van der Waals surface area contributed by atoms with Gasteiger partial charge in [-0.25, -0.2) is 4.39 Å². The molecule has 3 rings (SSSR count). The number of carbonyl (C=O) groups excluding carboxylic acids is 1. The zero-order valence-electron chi connectivity index (χ0n) is 12.8. The molecule has 1 aliphatic heterocycles. The highest BCUT2D eigenvalue weighted by molar-refractivity contribution is 6.06. The first kappa shape index (κ1) is 14.7. The SMILES string of the molecule is Cc1cc(C(O)c2ccccc2F)cc2c1NC(=O)C2(C)C. The van der Waals surface area contributed by atoms with Crippen LogP contribution in [0.1, 0.15) is 42.2 Å². The number of anilines is 1. The first-order valence-corrected chi connectivity index (χ1v) is 7.21. The standard InChI is InChI=1S/C18H18FNO2/c1-10-8-11(16(21)12-6-4-5-7-14(12)19)9-13-15(10)20-17(22)18(13,2)3/h4-9,16,21H,1-3H3,(H,20,22). The van der Waals surface area contributed by atoms with Crippen molar-refractivity contribution in [2.75, 3.05) is 5.32 Å². The minimum atomic E-state index is -1.06. The number of amides is 1. The van der Waals surface area contributed by atoms with E-state index in [0.717, 1.165) is 16.8 Å². The Labute approximate surface area is 128 Å². The molecule has 2 N–H and O–H groups in total. The van der Waals surface area contributed by atoms with Crippen LogP contribution in [-0.2, 0) is 10.2 Å². The number of halogens is 1. The van der Waals surface area contributed by atoms with Crippen LogP contribution in [-0.4, -0.2) is 11.0 Å². The van der Waals surface area contributed by atoms with Crippen molar-refractivity contribution in [2.24, 2.45) is 0 Å². The van der Waals surface area contributed by atoms with Gasteiger partial charge in [0.05, 0.1) is 5.41 Å². The van der Waals surface area contributed by atoms with E-state index in [1.807, 2.05) is 20.8 Å². The Kier molecular flexibility index (Phi) is 3.29. The van der Waals surface area contributed by atoms with Crippen LogP contribution in [0.15, 0.2) is 36.4 Å². The average molecular weight is 299 g/mol. The Morgan fingerprint density at radius 2 is 1.91 bits per heavy atom. The van der Waals surface area contributed by atoms with E-state index in [1.165, 1.54) is 6.07 Å². The lowest BCUT2D eigenvalue weighted by Crippen LogP contribution is -2.26. The number of aliphatic hydroxyl groups excluding tert-OH is 1. The molecular formula is C18H18FNO2. The fraction of sp³-hybridized carbons (Fsp3) is 0.278. The topological polar surface area (TPSA) is 49.3 Å². The summed E-state index contributed by atoms with van der Waals surface area (Å²) in [6, 6.07) is 9.75. The molecule has 0 spiro atoms. The Hall–Kier alpha value is -2.20. The predicted octanol–water partition coefficient (Wildman–Crippen LogP) is 3.45. The van der Waals surface area contributed by atoms with Crippen molar-refractivity contribution in [1.82, 2.24) is 0 Å².